The summed E-state index contributed by atoms with van der Waals surface area (Å²) in [7, 11) is 0. The van der Waals surface area contributed by atoms with Crippen LogP contribution in [0.5, 0.6) is 5.75 Å². The zero-order valence-corrected chi connectivity index (χ0v) is 9.48. The Morgan fingerprint density at radius 2 is 1.67 bits per heavy atom. The van der Waals surface area contributed by atoms with Gasteiger partial charge in [0, 0.05) is 0 Å². The summed E-state index contributed by atoms with van der Waals surface area (Å²) in [4.78, 5) is 0. The first-order valence-electron chi connectivity index (χ1n) is 5.30. The molecule has 0 aliphatic carbocycles. The van der Waals surface area contributed by atoms with Gasteiger partial charge in [-0.05, 0) is 12.1 Å². The molecule has 1 rings (SSSR count). The number of aliphatic hydroxyl groups excluding tert-OH is 1. The molecule has 3 heteroatoms. The second-order valence-corrected chi connectivity index (χ2v) is 2.50. The Bertz CT molecular complexity index is 211. The second-order valence-electron chi connectivity index (χ2n) is 2.50. The predicted molar refractivity (Wildman–Crippen MR) is 61.2 cm³/mol. The van der Waals surface area contributed by atoms with Gasteiger partial charge in [-0.2, -0.15) is 0 Å². The highest BCUT2D eigenvalue weighted by atomic mass is 16.5. The van der Waals surface area contributed by atoms with Gasteiger partial charge in [0.15, 0.2) is 0 Å². The van der Waals surface area contributed by atoms with E-state index in [0.29, 0.717) is 19.8 Å². The van der Waals surface area contributed by atoms with Crippen molar-refractivity contribution in [3.63, 3.8) is 0 Å². The van der Waals surface area contributed by atoms with Crippen molar-refractivity contribution in [2.45, 2.75) is 13.8 Å². The van der Waals surface area contributed by atoms with Crippen molar-refractivity contribution in [1.82, 2.24) is 0 Å². The quantitative estimate of drug-likeness (QED) is 0.734. The summed E-state index contributed by atoms with van der Waals surface area (Å²) in [6, 6.07) is 9.57. The average Bonchev–Trinajstić information content (AvgIpc) is 2.33. The SMILES string of the molecule is CC.OCCOCCOc1ccccc1. The number of hydrogen-bond donors (Lipinski definition) is 1. The lowest BCUT2D eigenvalue weighted by Gasteiger charge is -2.05. The van der Waals surface area contributed by atoms with E-state index in [9.17, 15) is 0 Å². The second kappa shape index (κ2) is 11.0. The molecule has 0 spiro atoms. The minimum absolute atomic E-state index is 0.0609. The highest BCUT2D eigenvalue weighted by Crippen LogP contribution is 2.07. The average molecular weight is 212 g/mol. The molecule has 0 fully saturated rings. The topological polar surface area (TPSA) is 38.7 Å². The summed E-state index contributed by atoms with van der Waals surface area (Å²) in [5.41, 5.74) is 0. The zero-order valence-electron chi connectivity index (χ0n) is 9.48. The molecule has 1 aromatic rings. The monoisotopic (exact) mass is 212 g/mol. The number of ether oxygens (including phenoxy) is 2. The lowest BCUT2D eigenvalue weighted by Crippen LogP contribution is -2.08. The smallest absolute Gasteiger partial charge is 0.119 e. The number of hydrogen-bond acceptors (Lipinski definition) is 3. The fourth-order valence-corrected chi connectivity index (χ4v) is 0.902. The largest absolute Gasteiger partial charge is 0.491 e. The van der Waals surface area contributed by atoms with Crippen LogP contribution in [0.4, 0.5) is 0 Å². The van der Waals surface area contributed by atoms with Crippen LogP contribution < -0.4 is 4.74 Å². The summed E-state index contributed by atoms with van der Waals surface area (Å²) < 4.78 is 10.4. The Morgan fingerprint density at radius 3 is 2.27 bits per heavy atom. The zero-order chi connectivity index (χ0) is 11.4. The van der Waals surface area contributed by atoms with E-state index in [2.05, 4.69) is 0 Å². The van der Waals surface area contributed by atoms with E-state index in [1.54, 1.807) is 0 Å². The molecule has 0 atom stereocenters. The lowest BCUT2D eigenvalue weighted by molar-refractivity contribution is 0.0705. The normalized spacial score (nSPS) is 9.00. The van der Waals surface area contributed by atoms with Gasteiger partial charge in [-0.25, -0.2) is 0 Å². The van der Waals surface area contributed by atoms with Crippen molar-refractivity contribution in [2.75, 3.05) is 26.4 Å². The number of aliphatic hydroxyl groups is 1. The molecule has 0 aromatic heterocycles. The van der Waals surface area contributed by atoms with Gasteiger partial charge in [0.05, 0.1) is 19.8 Å². The van der Waals surface area contributed by atoms with E-state index in [0.717, 1.165) is 5.75 Å². The van der Waals surface area contributed by atoms with Crippen molar-refractivity contribution in [1.29, 1.82) is 0 Å². The molecule has 1 N–H and O–H groups in total. The Hall–Kier alpha value is -1.06. The Labute approximate surface area is 91.6 Å². The van der Waals surface area contributed by atoms with Crippen molar-refractivity contribution in [3.8, 4) is 5.75 Å². The summed E-state index contributed by atoms with van der Waals surface area (Å²) in [6.07, 6.45) is 0. The van der Waals surface area contributed by atoms with Gasteiger partial charge in [-0.15, -0.1) is 0 Å². The first-order valence-corrected chi connectivity index (χ1v) is 5.30. The van der Waals surface area contributed by atoms with E-state index in [1.807, 2.05) is 44.2 Å². The Balaban J connectivity index is 0.000000921. The van der Waals surface area contributed by atoms with E-state index in [-0.39, 0.29) is 6.61 Å². The third-order valence-corrected chi connectivity index (χ3v) is 1.48. The molecule has 0 aliphatic rings. The molecular weight excluding hydrogens is 192 g/mol. The highest BCUT2D eigenvalue weighted by Gasteiger charge is 1.90. The van der Waals surface area contributed by atoms with Gasteiger partial charge in [0.1, 0.15) is 12.4 Å². The van der Waals surface area contributed by atoms with Crippen molar-refractivity contribution < 1.29 is 14.6 Å². The minimum atomic E-state index is 0.0609. The van der Waals surface area contributed by atoms with E-state index in [1.165, 1.54) is 0 Å². The van der Waals surface area contributed by atoms with Crippen LogP contribution in [-0.2, 0) is 4.74 Å². The molecule has 0 aliphatic heterocycles. The molecule has 86 valence electrons. The van der Waals surface area contributed by atoms with E-state index in [4.69, 9.17) is 14.6 Å². The number of para-hydroxylation sites is 1. The molecule has 0 heterocycles. The Morgan fingerprint density at radius 1 is 1.00 bits per heavy atom. The van der Waals surface area contributed by atoms with Gasteiger partial charge >= 0.3 is 0 Å². The summed E-state index contributed by atoms with van der Waals surface area (Å²) >= 11 is 0. The first-order chi connectivity index (χ1) is 7.43. The summed E-state index contributed by atoms with van der Waals surface area (Å²) in [5, 5.41) is 8.42. The molecule has 0 amide bonds. The molecular formula is C12H20O3. The van der Waals surface area contributed by atoms with Crippen LogP contribution in [0.25, 0.3) is 0 Å². The first kappa shape index (κ1) is 13.9. The van der Waals surface area contributed by atoms with Crippen LogP contribution in [0.2, 0.25) is 0 Å². The van der Waals surface area contributed by atoms with Gasteiger partial charge in [-0.3, -0.25) is 0 Å². The molecule has 3 nitrogen and oxygen atoms in total. The van der Waals surface area contributed by atoms with Crippen LogP contribution in [0.15, 0.2) is 30.3 Å². The van der Waals surface area contributed by atoms with E-state index >= 15 is 0 Å². The summed E-state index contributed by atoms with van der Waals surface area (Å²) in [6.45, 7) is 5.46. The van der Waals surface area contributed by atoms with Gasteiger partial charge < -0.3 is 14.6 Å². The molecule has 0 bridgehead atoms. The minimum Gasteiger partial charge on any atom is -0.491 e. The fraction of sp³-hybridized carbons (Fsp3) is 0.500. The van der Waals surface area contributed by atoms with Crippen LogP contribution in [0, 0.1) is 0 Å². The Kier molecular flexibility index (Phi) is 10.2. The fourth-order valence-electron chi connectivity index (χ4n) is 0.902. The van der Waals surface area contributed by atoms with Crippen molar-refractivity contribution in [2.24, 2.45) is 0 Å². The lowest BCUT2D eigenvalue weighted by atomic mass is 10.3. The molecule has 1 aromatic carbocycles. The van der Waals surface area contributed by atoms with Crippen LogP contribution in [-0.4, -0.2) is 31.5 Å². The van der Waals surface area contributed by atoms with Gasteiger partial charge in [0.25, 0.3) is 0 Å². The van der Waals surface area contributed by atoms with Gasteiger partial charge in [0.2, 0.25) is 0 Å². The van der Waals surface area contributed by atoms with Gasteiger partial charge in [-0.1, -0.05) is 32.0 Å². The highest BCUT2D eigenvalue weighted by molar-refractivity contribution is 5.20. The predicted octanol–water partition coefficient (Wildman–Crippen LogP) is 2.10. The standard InChI is InChI=1S/C10H14O3.C2H6/c11-6-7-12-8-9-13-10-4-2-1-3-5-10;1-2/h1-5,11H,6-9H2;1-2H3. The maximum Gasteiger partial charge on any atom is 0.119 e. The van der Waals surface area contributed by atoms with E-state index < -0.39 is 0 Å². The maximum atomic E-state index is 8.42. The maximum absolute atomic E-state index is 8.42. The molecule has 0 saturated carbocycles. The molecule has 0 radical (unpaired) electrons. The van der Waals surface area contributed by atoms with Crippen LogP contribution in [0.3, 0.4) is 0 Å². The summed E-state index contributed by atoms with van der Waals surface area (Å²) in [5.74, 6) is 0.843. The van der Waals surface area contributed by atoms with Crippen molar-refractivity contribution in [3.05, 3.63) is 30.3 Å². The van der Waals surface area contributed by atoms with Crippen LogP contribution in [0.1, 0.15) is 13.8 Å². The third-order valence-electron chi connectivity index (χ3n) is 1.48. The van der Waals surface area contributed by atoms with Crippen molar-refractivity contribution >= 4 is 0 Å². The molecule has 0 unspecified atom stereocenters. The molecule has 0 saturated heterocycles. The number of rotatable bonds is 6. The third kappa shape index (κ3) is 7.97. The van der Waals surface area contributed by atoms with Crippen LogP contribution >= 0.6 is 0 Å². The number of benzene rings is 1. The molecule has 15 heavy (non-hydrogen) atoms.